The molecule has 1 saturated heterocycles. The highest BCUT2D eigenvalue weighted by atomic mass is 16.2. The minimum atomic E-state index is 0.0233. The van der Waals surface area contributed by atoms with Crippen LogP contribution in [-0.4, -0.2) is 22.8 Å². The summed E-state index contributed by atoms with van der Waals surface area (Å²) in [6.45, 7) is 2.10. The second kappa shape index (κ2) is 7.29. The fourth-order valence-corrected chi connectivity index (χ4v) is 4.06. The molecule has 0 bridgehead atoms. The summed E-state index contributed by atoms with van der Waals surface area (Å²) in [5.74, 6) is 0.185. The highest BCUT2D eigenvalue weighted by molar-refractivity contribution is 5.99. The average molecular weight is 313 g/mol. The molecule has 1 aliphatic heterocycles. The van der Waals surface area contributed by atoms with E-state index >= 15 is 0 Å². The number of amides is 2. The predicted octanol–water partition coefficient (Wildman–Crippen LogP) is 4.03. The molecule has 23 heavy (non-hydrogen) atoms. The summed E-state index contributed by atoms with van der Waals surface area (Å²) < 4.78 is 0. The molecule has 0 spiro atoms. The van der Waals surface area contributed by atoms with E-state index in [-0.39, 0.29) is 23.8 Å². The van der Waals surface area contributed by atoms with Gasteiger partial charge in [-0.25, -0.2) is 0 Å². The third-order valence-corrected chi connectivity index (χ3v) is 5.37. The number of carbonyl (C=O) groups is 2. The van der Waals surface area contributed by atoms with Crippen molar-refractivity contribution in [2.24, 2.45) is 5.92 Å². The van der Waals surface area contributed by atoms with E-state index in [1.54, 1.807) is 4.90 Å². The Balaban J connectivity index is 1.63. The SMILES string of the molecule is Cc1cccc(CCC2CCC(=O)N(C3CCCCC3)C2=O)c1. The van der Waals surface area contributed by atoms with Crippen molar-refractivity contribution in [2.75, 3.05) is 0 Å². The van der Waals surface area contributed by atoms with Gasteiger partial charge in [0.05, 0.1) is 0 Å². The van der Waals surface area contributed by atoms with Gasteiger partial charge in [0.25, 0.3) is 0 Å². The van der Waals surface area contributed by atoms with Gasteiger partial charge in [-0.3, -0.25) is 14.5 Å². The molecular weight excluding hydrogens is 286 g/mol. The molecule has 1 saturated carbocycles. The Morgan fingerprint density at radius 2 is 1.87 bits per heavy atom. The third-order valence-electron chi connectivity index (χ3n) is 5.37. The van der Waals surface area contributed by atoms with E-state index in [1.807, 2.05) is 0 Å². The standard InChI is InChI=1S/C20H27NO2/c1-15-6-5-7-16(14-15)10-11-17-12-13-19(22)21(20(17)23)18-8-3-2-4-9-18/h5-7,14,17-18H,2-4,8-13H2,1H3. The van der Waals surface area contributed by atoms with Crippen LogP contribution >= 0.6 is 0 Å². The average Bonchev–Trinajstić information content (AvgIpc) is 2.55. The molecule has 2 fully saturated rings. The zero-order chi connectivity index (χ0) is 16.2. The van der Waals surface area contributed by atoms with Gasteiger partial charge in [-0.1, -0.05) is 49.1 Å². The topological polar surface area (TPSA) is 37.4 Å². The zero-order valence-corrected chi connectivity index (χ0v) is 14.1. The molecule has 2 aliphatic rings. The lowest BCUT2D eigenvalue weighted by molar-refractivity contribution is -0.155. The largest absolute Gasteiger partial charge is 0.279 e. The molecule has 1 unspecified atom stereocenters. The molecule has 0 radical (unpaired) electrons. The van der Waals surface area contributed by atoms with Crippen molar-refractivity contribution >= 4 is 11.8 Å². The molecular formula is C20H27NO2. The maximum absolute atomic E-state index is 12.8. The molecule has 3 nitrogen and oxygen atoms in total. The van der Waals surface area contributed by atoms with Crippen LogP contribution < -0.4 is 0 Å². The molecule has 1 atom stereocenters. The molecule has 3 heteroatoms. The Bertz CT molecular complexity index is 575. The van der Waals surface area contributed by atoms with Crippen LogP contribution in [0.3, 0.4) is 0 Å². The van der Waals surface area contributed by atoms with Gasteiger partial charge in [-0.05, 0) is 44.6 Å². The van der Waals surface area contributed by atoms with Crippen molar-refractivity contribution < 1.29 is 9.59 Å². The summed E-state index contributed by atoms with van der Waals surface area (Å²) in [4.78, 5) is 26.7. The molecule has 0 aromatic heterocycles. The zero-order valence-electron chi connectivity index (χ0n) is 14.1. The highest BCUT2D eigenvalue weighted by Crippen LogP contribution is 2.30. The Hall–Kier alpha value is -1.64. The first-order valence-electron chi connectivity index (χ1n) is 9.06. The van der Waals surface area contributed by atoms with E-state index in [1.165, 1.54) is 17.5 Å². The van der Waals surface area contributed by atoms with Gasteiger partial charge in [0.15, 0.2) is 0 Å². The number of benzene rings is 1. The van der Waals surface area contributed by atoms with Crippen LogP contribution in [0.1, 0.15) is 62.5 Å². The molecule has 1 heterocycles. The van der Waals surface area contributed by atoms with E-state index in [9.17, 15) is 9.59 Å². The van der Waals surface area contributed by atoms with Crippen molar-refractivity contribution in [1.82, 2.24) is 4.90 Å². The van der Waals surface area contributed by atoms with Gasteiger partial charge in [0, 0.05) is 18.4 Å². The van der Waals surface area contributed by atoms with Crippen molar-refractivity contribution in [1.29, 1.82) is 0 Å². The summed E-state index contributed by atoms with van der Waals surface area (Å²) in [7, 11) is 0. The monoisotopic (exact) mass is 313 g/mol. The quantitative estimate of drug-likeness (QED) is 0.787. The minimum absolute atomic E-state index is 0.0233. The van der Waals surface area contributed by atoms with Crippen LogP contribution in [0.4, 0.5) is 0 Å². The van der Waals surface area contributed by atoms with Crippen LogP contribution in [0.5, 0.6) is 0 Å². The van der Waals surface area contributed by atoms with Gasteiger partial charge in [-0.15, -0.1) is 0 Å². The molecule has 2 amide bonds. The summed E-state index contributed by atoms with van der Waals surface area (Å²) in [6.07, 6.45) is 8.59. The molecule has 1 aromatic rings. The van der Waals surface area contributed by atoms with Gasteiger partial charge in [-0.2, -0.15) is 0 Å². The van der Waals surface area contributed by atoms with Crippen molar-refractivity contribution in [2.45, 2.75) is 70.8 Å². The smallest absolute Gasteiger partial charge is 0.232 e. The van der Waals surface area contributed by atoms with Gasteiger partial charge >= 0.3 is 0 Å². The van der Waals surface area contributed by atoms with Crippen LogP contribution in [0.15, 0.2) is 24.3 Å². The number of nitrogens with zero attached hydrogens (tertiary/aromatic N) is 1. The van der Waals surface area contributed by atoms with Crippen LogP contribution in [0.2, 0.25) is 0 Å². The fourth-order valence-electron chi connectivity index (χ4n) is 4.06. The molecule has 0 N–H and O–H groups in total. The highest BCUT2D eigenvalue weighted by Gasteiger charge is 2.38. The van der Waals surface area contributed by atoms with E-state index in [0.29, 0.717) is 6.42 Å². The Morgan fingerprint density at radius 1 is 1.09 bits per heavy atom. The molecule has 1 aliphatic carbocycles. The number of hydrogen-bond acceptors (Lipinski definition) is 2. The molecule has 124 valence electrons. The van der Waals surface area contributed by atoms with Gasteiger partial charge in [0.2, 0.25) is 11.8 Å². The van der Waals surface area contributed by atoms with Crippen LogP contribution in [0.25, 0.3) is 0 Å². The van der Waals surface area contributed by atoms with Crippen molar-refractivity contribution in [3.63, 3.8) is 0 Å². The summed E-state index contributed by atoms with van der Waals surface area (Å²) in [5, 5.41) is 0. The van der Waals surface area contributed by atoms with Crippen LogP contribution in [-0.2, 0) is 16.0 Å². The van der Waals surface area contributed by atoms with Crippen molar-refractivity contribution in [3.8, 4) is 0 Å². The minimum Gasteiger partial charge on any atom is -0.279 e. The number of likely N-dealkylation sites (tertiary alicyclic amines) is 1. The molecule has 3 rings (SSSR count). The summed E-state index contributed by atoms with van der Waals surface area (Å²) >= 11 is 0. The predicted molar refractivity (Wildman–Crippen MR) is 91.0 cm³/mol. The second-order valence-corrected chi connectivity index (χ2v) is 7.16. The maximum Gasteiger partial charge on any atom is 0.232 e. The number of imide groups is 1. The lowest BCUT2D eigenvalue weighted by Crippen LogP contribution is -2.51. The van der Waals surface area contributed by atoms with E-state index in [0.717, 1.165) is 44.9 Å². The Morgan fingerprint density at radius 3 is 2.61 bits per heavy atom. The molecule has 1 aromatic carbocycles. The van der Waals surface area contributed by atoms with Gasteiger partial charge in [0.1, 0.15) is 0 Å². The Kier molecular flexibility index (Phi) is 5.14. The first kappa shape index (κ1) is 16.2. The lowest BCUT2D eigenvalue weighted by atomic mass is 9.86. The Labute approximate surface area is 139 Å². The number of carbonyl (C=O) groups excluding carboxylic acids is 2. The number of aryl methyl sites for hydroxylation is 2. The normalized spacial score (nSPS) is 23.3. The summed E-state index contributed by atoms with van der Waals surface area (Å²) in [5.41, 5.74) is 2.55. The van der Waals surface area contributed by atoms with Crippen LogP contribution in [0, 0.1) is 12.8 Å². The first-order chi connectivity index (χ1) is 11.1. The third kappa shape index (κ3) is 3.82. The lowest BCUT2D eigenvalue weighted by Gasteiger charge is -2.38. The summed E-state index contributed by atoms with van der Waals surface area (Å²) in [6, 6.07) is 8.66. The first-order valence-corrected chi connectivity index (χ1v) is 9.06. The van der Waals surface area contributed by atoms with E-state index in [2.05, 4.69) is 31.2 Å². The van der Waals surface area contributed by atoms with Crippen molar-refractivity contribution in [3.05, 3.63) is 35.4 Å². The number of piperidine rings is 1. The van der Waals surface area contributed by atoms with E-state index < -0.39 is 0 Å². The maximum atomic E-state index is 12.8. The fraction of sp³-hybridized carbons (Fsp3) is 0.600. The number of hydrogen-bond donors (Lipinski definition) is 0. The number of rotatable bonds is 4. The van der Waals surface area contributed by atoms with E-state index in [4.69, 9.17) is 0 Å². The van der Waals surface area contributed by atoms with Gasteiger partial charge < -0.3 is 0 Å². The second-order valence-electron chi connectivity index (χ2n) is 7.16.